The Bertz CT molecular complexity index is 838. The first-order valence-electron chi connectivity index (χ1n) is 10.3. The number of amides is 1. The number of ether oxygens (including phenoxy) is 2. The topological polar surface area (TPSA) is 67.8 Å². The lowest BCUT2D eigenvalue weighted by atomic mass is 9.80. The second kappa shape index (κ2) is 11.5. The van der Waals surface area contributed by atoms with Crippen molar-refractivity contribution in [2.75, 3.05) is 13.2 Å². The summed E-state index contributed by atoms with van der Waals surface area (Å²) in [5.41, 5.74) is 2.14. The van der Waals surface area contributed by atoms with Gasteiger partial charge in [-0.25, -0.2) is 0 Å². The van der Waals surface area contributed by atoms with E-state index in [1.54, 1.807) is 0 Å². The van der Waals surface area contributed by atoms with Crippen molar-refractivity contribution in [3.63, 3.8) is 0 Å². The number of aliphatic hydroxyl groups excluding tert-OH is 1. The summed E-state index contributed by atoms with van der Waals surface area (Å²) in [6.45, 7) is 2.95. The van der Waals surface area contributed by atoms with E-state index in [0.29, 0.717) is 19.6 Å². The maximum Gasteiger partial charge on any atom is 0.286 e. The Hall–Kier alpha value is -1.90. The van der Waals surface area contributed by atoms with Gasteiger partial charge in [0.05, 0.1) is 0 Å². The van der Waals surface area contributed by atoms with Gasteiger partial charge in [0.1, 0.15) is 0 Å². The molecule has 1 heterocycles. The van der Waals surface area contributed by atoms with E-state index in [2.05, 4.69) is 52.2 Å². The van der Waals surface area contributed by atoms with Gasteiger partial charge in [0.25, 0.3) is 5.91 Å². The molecule has 0 radical (unpaired) electrons. The fourth-order valence-corrected chi connectivity index (χ4v) is 4.05. The summed E-state index contributed by atoms with van der Waals surface area (Å²) < 4.78 is 13.0. The highest BCUT2D eigenvalue weighted by atomic mass is 127. The molecule has 0 saturated heterocycles. The van der Waals surface area contributed by atoms with Gasteiger partial charge in [-0.1, -0.05) is 42.5 Å². The molecule has 2 aromatic carbocycles. The quantitative estimate of drug-likeness (QED) is 0.482. The largest absolute Gasteiger partial charge is 0.459 e. The molecule has 1 aliphatic heterocycles. The summed E-state index contributed by atoms with van der Waals surface area (Å²) in [4.78, 5) is 12.9. The third-order valence-electron chi connectivity index (χ3n) is 5.19. The molecule has 0 spiro atoms. The maximum atomic E-state index is 12.9. The van der Waals surface area contributed by atoms with Gasteiger partial charge in [0, 0.05) is 35.2 Å². The highest BCUT2D eigenvalue weighted by Gasteiger charge is 2.37. The third kappa shape index (κ3) is 6.06. The van der Waals surface area contributed by atoms with E-state index in [1.165, 1.54) is 0 Å². The number of benzene rings is 2. The summed E-state index contributed by atoms with van der Waals surface area (Å²) in [5, 5.41) is 12.3. The summed E-state index contributed by atoms with van der Waals surface area (Å²) in [6.07, 6.45) is 2.77. The zero-order chi connectivity index (χ0) is 21.3. The number of carbonyl (C=O) groups excluding carboxylic acids is 1. The minimum Gasteiger partial charge on any atom is -0.459 e. The molecular formula is C24H28INO4. The van der Waals surface area contributed by atoms with Gasteiger partial charge in [-0.05, 0) is 71.7 Å². The van der Waals surface area contributed by atoms with Crippen LogP contribution in [0.5, 0.6) is 0 Å². The molecule has 30 heavy (non-hydrogen) atoms. The van der Waals surface area contributed by atoms with Gasteiger partial charge < -0.3 is 19.9 Å². The van der Waals surface area contributed by atoms with Crippen LogP contribution in [0.25, 0.3) is 0 Å². The molecule has 3 rings (SSSR count). The summed E-state index contributed by atoms with van der Waals surface area (Å²) in [5.74, 6) is 0.0204. The number of carbonyl (C=O) groups is 1. The molecule has 0 bridgehead atoms. The molecule has 160 valence electrons. The van der Waals surface area contributed by atoms with Gasteiger partial charge >= 0.3 is 0 Å². The second-order valence-corrected chi connectivity index (χ2v) is 8.49. The minimum atomic E-state index is -0.534. The van der Waals surface area contributed by atoms with Crippen molar-refractivity contribution < 1.29 is 19.4 Å². The number of nitrogens with one attached hydrogen (secondary N) is 1. The number of allylic oxidation sites excluding steroid dienone is 1. The molecular weight excluding hydrogens is 493 g/mol. The second-order valence-electron chi connectivity index (χ2n) is 7.25. The van der Waals surface area contributed by atoms with Crippen molar-refractivity contribution in [3.8, 4) is 0 Å². The Morgan fingerprint density at radius 1 is 1.17 bits per heavy atom. The van der Waals surface area contributed by atoms with Crippen molar-refractivity contribution in [2.24, 2.45) is 5.92 Å². The maximum absolute atomic E-state index is 12.9. The molecule has 0 aromatic heterocycles. The first-order chi connectivity index (χ1) is 14.6. The van der Waals surface area contributed by atoms with Crippen LogP contribution in [0.4, 0.5) is 0 Å². The van der Waals surface area contributed by atoms with Gasteiger partial charge in [-0.3, -0.25) is 4.79 Å². The van der Waals surface area contributed by atoms with Gasteiger partial charge in [-0.15, -0.1) is 0 Å². The van der Waals surface area contributed by atoms with Crippen LogP contribution >= 0.6 is 22.6 Å². The number of aliphatic hydroxyl groups is 1. The predicted molar refractivity (Wildman–Crippen MR) is 125 cm³/mol. The molecule has 5 nitrogen and oxygen atoms in total. The molecule has 6 heteroatoms. The Kier molecular flexibility index (Phi) is 8.72. The minimum absolute atomic E-state index is 0.0165. The molecule has 1 aliphatic rings. The fourth-order valence-electron chi connectivity index (χ4n) is 3.70. The van der Waals surface area contributed by atoms with Crippen LogP contribution in [0.15, 0.2) is 66.4 Å². The number of hydrogen-bond acceptors (Lipinski definition) is 4. The molecule has 2 aromatic rings. The van der Waals surface area contributed by atoms with Crippen LogP contribution in [0, 0.1) is 9.49 Å². The molecule has 0 unspecified atom stereocenters. The summed E-state index contributed by atoms with van der Waals surface area (Å²) in [7, 11) is 0. The van der Waals surface area contributed by atoms with Crippen molar-refractivity contribution in [3.05, 3.63) is 81.1 Å². The molecule has 2 N–H and O–H groups in total. The highest BCUT2D eigenvalue weighted by molar-refractivity contribution is 14.1. The Morgan fingerprint density at radius 3 is 2.57 bits per heavy atom. The van der Waals surface area contributed by atoms with Gasteiger partial charge in [0.2, 0.25) is 6.29 Å². The van der Waals surface area contributed by atoms with Crippen LogP contribution < -0.4 is 5.32 Å². The lowest BCUT2D eigenvalue weighted by Crippen LogP contribution is -2.39. The van der Waals surface area contributed by atoms with Crippen LogP contribution in [0.3, 0.4) is 0 Å². The first-order valence-corrected chi connectivity index (χ1v) is 11.4. The predicted octanol–water partition coefficient (Wildman–Crippen LogP) is 4.36. The summed E-state index contributed by atoms with van der Waals surface area (Å²) >= 11 is 2.28. The third-order valence-corrected chi connectivity index (χ3v) is 5.91. The molecule has 0 aliphatic carbocycles. The standard InChI is InChI=1S/C24H28INO4/c1-2-29-24-20(9-6-14-27)21(18-10-12-19(25)13-11-18)15-22(30-24)23(28)26-16-17-7-4-3-5-8-17/h3-5,7-8,10-13,15,20-21,24,27H,2,6,9,14,16H2,1H3,(H,26,28)/t20-,21-,24-/m0/s1. The SMILES string of the molecule is CCO[C@H]1OC(C(=O)NCc2ccccc2)=C[C@@H](c2ccc(I)cc2)[C@@H]1CCCO. The van der Waals surface area contributed by atoms with Crippen molar-refractivity contribution in [1.82, 2.24) is 5.32 Å². The molecule has 0 fully saturated rings. The smallest absolute Gasteiger partial charge is 0.286 e. The van der Waals surface area contributed by atoms with Crippen molar-refractivity contribution in [2.45, 2.75) is 38.5 Å². The van der Waals surface area contributed by atoms with E-state index in [-0.39, 0.29) is 30.1 Å². The van der Waals surface area contributed by atoms with E-state index in [4.69, 9.17) is 9.47 Å². The lowest BCUT2D eigenvalue weighted by molar-refractivity contribution is -0.166. The Balaban J connectivity index is 1.85. The zero-order valence-electron chi connectivity index (χ0n) is 17.1. The first kappa shape index (κ1) is 22.8. The summed E-state index contributed by atoms with van der Waals surface area (Å²) in [6, 6.07) is 18.1. The van der Waals surface area contributed by atoms with Gasteiger partial charge in [0.15, 0.2) is 5.76 Å². The zero-order valence-corrected chi connectivity index (χ0v) is 19.2. The number of rotatable bonds is 9. The highest BCUT2D eigenvalue weighted by Crippen LogP contribution is 2.39. The monoisotopic (exact) mass is 521 g/mol. The van der Waals surface area contributed by atoms with Crippen molar-refractivity contribution >= 4 is 28.5 Å². The van der Waals surface area contributed by atoms with E-state index in [1.807, 2.05) is 43.3 Å². The molecule has 3 atom stereocenters. The van der Waals surface area contributed by atoms with E-state index in [9.17, 15) is 9.90 Å². The Labute approximate surface area is 191 Å². The average molecular weight is 521 g/mol. The van der Waals surface area contributed by atoms with Crippen LogP contribution in [-0.4, -0.2) is 30.5 Å². The van der Waals surface area contributed by atoms with E-state index >= 15 is 0 Å². The van der Waals surface area contributed by atoms with E-state index in [0.717, 1.165) is 21.1 Å². The van der Waals surface area contributed by atoms with Crippen LogP contribution in [0.1, 0.15) is 36.8 Å². The Morgan fingerprint density at radius 2 is 1.90 bits per heavy atom. The normalized spacial score (nSPS) is 20.9. The fraction of sp³-hybridized carbons (Fsp3) is 0.375. The number of halogens is 1. The lowest BCUT2D eigenvalue weighted by Gasteiger charge is -2.37. The molecule has 1 amide bonds. The number of hydrogen-bond donors (Lipinski definition) is 2. The molecule has 0 saturated carbocycles. The van der Waals surface area contributed by atoms with Crippen LogP contribution in [-0.2, 0) is 20.8 Å². The average Bonchev–Trinajstić information content (AvgIpc) is 2.77. The van der Waals surface area contributed by atoms with Crippen molar-refractivity contribution in [1.29, 1.82) is 0 Å². The van der Waals surface area contributed by atoms with Gasteiger partial charge in [-0.2, -0.15) is 0 Å². The van der Waals surface area contributed by atoms with E-state index < -0.39 is 6.29 Å². The van der Waals surface area contributed by atoms with Crippen LogP contribution in [0.2, 0.25) is 0 Å².